The lowest BCUT2D eigenvalue weighted by Gasteiger charge is -2.31. The van der Waals surface area contributed by atoms with E-state index in [4.69, 9.17) is 14.2 Å². The standard InChI is InChI=1S/C21H18N4O7/c1-30-20(28)14-10-32-11-24(18(14)21(29)31-2)13-5-3-4-12(8-13)16-6-7-22-17-9-15(19(26)27)23-25(16)17/h3-9H,10-11H2,1-2H3,(H,26,27). The molecular formula is C21H18N4O7. The minimum Gasteiger partial charge on any atom is -0.476 e. The molecule has 0 aliphatic carbocycles. The highest BCUT2D eigenvalue weighted by Crippen LogP contribution is 2.30. The maximum absolute atomic E-state index is 12.5. The number of fused-ring (bicyclic) bond motifs is 1. The van der Waals surface area contributed by atoms with Gasteiger partial charge >= 0.3 is 17.9 Å². The Morgan fingerprint density at radius 1 is 1.09 bits per heavy atom. The molecular weight excluding hydrogens is 420 g/mol. The number of carbonyl (C=O) groups is 3. The average Bonchev–Trinajstić information content (AvgIpc) is 3.27. The first-order chi connectivity index (χ1) is 15.4. The molecule has 32 heavy (non-hydrogen) atoms. The van der Waals surface area contributed by atoms with Gasteiger partial charge in [-0.2, -0.15) is 5.10 Å². The minimum absolute atomic E-state index is 0.00503. The van der Waals surface area contributed by atoms with Crippen LogP contribution in [0.2, 0.25) is 0 Å². The third-order valence-corrected chi connectivity index (χ3v) is 4.86. The summed E-state index contributed by atoms with van der Waals surface area (Å²) in [6.45, 7) is -0.0887. The van der Waals surface area contributed by atoms with Gasteiger partial charge < -0.3 is 24.2 Å². The molecule has 0 saturated heterocycles. The Kier molecular flexibility index (Phi) is 5.56. The molecule has 0 spiro atoms. The topological polar surface area (TPSA) is 133 Å². The average molecular weight is 438 g/mol. The lowest BCUT2D eigenvalue weighted by Crippen LogP contribution is -2.38. The number of carbonyl (C=O) groups excluding carboxylic acids is 2. The molecule has 1 aliphatic rings. The first-order valence-electron chi connectivity index (χ1n) is 9.38. The molecule has 0 unspecified atom stereocenters. The number of hydrogen-bond donors (Lipinski definition) is 1. The van der Waals surface area contributed by atoms with Crippen molar-refractivity contribution in [2.24, 2.45) is 0 Å². The SMILES string of the molecule is COC(=O)C1=C(C(=O)OC)N(c2cccc(-c3ccnc4cc(C(=O)O)nn34)c2)COC1. The number of carboxylic acids is 1. The normalized spacial score (nSPS) is 13.9. The number of aromatic carboxylic acids is 1. The Morgan fingerprint density at radius 3 is 2.59 bits per heavy atom. The van der Waals surface area contributed by atoms with Crippen molar-refractivity contribution < 1.29 is 33.7 Å². The Bertz CT molecular complexity index is 1260. The molecule has 1 aliphatic heterocycles. The van der Waals surface area contributed by atoms with Crippen molar-refractivity contribution in [1.29, 1.82) is 0 Å². The van der Waals surface area contributed by atoms with Crippen molar-refractivity contribution in [1.82, 2.24) is 14.6 Å². The highest BCUT2D eigenvalue weighted by Gasteiger charge is 2.32. The Balaban J connectivity index is 1.83. The molecule has 0 radical (unpaired) electrons. The number of nitrogens with zero attached hydrogens (tertiary/aromatic N) is 4. The Hall–Kier alpha value is -4.25. The van der Waals surface area contributed by atoms with Crippen LogP contribution in [0.4, 0.5) is 5.69 Å². The van der Waals surface area contributed by atoms with Gasteiger partial charge in [0, 0.05) is 23.5 Å². The summed E-state index contributed by atoms with van der Waals surface area (Å²) in [6, 6.07) is 10.1. The van der Waals surface area contributed by atoms with Crippen LogP contribution < -0.4 is 4.90 Å². The van der Waals surface area contributed by atoms with E-state index in [1.54, 1.807) is 36.5 Å². The highest BCUT2D eigenvalue weighted by atomic mass is 16.5. The van der Waals surface area contributed by atoms with E-state index >= 15 is 0 Å². The van der Waals surface area contributed by atoms with Gasteiger partial charge in [0.05, 0.1) is 32.1 Å². The second kappa shape index (κ2) is 8.47. The molecule has 1 N–H and O–H groups in total. The van der Waals surface area contributed by atoms with Gasteiger partial charge in [0.2, 0.25) is 0 Å². The molecule has 0 bridgehead atoms. The van der Waals surface area contributed by atoms with Crippen LogP contribution in [0, 0.1) is 0 Å². The number of carboxylic acid groups (broad SMARTS) is 1. The van der Waals surface area contributed by atoms with Crippen molar-refractivity contribution >= 4 is 29.2 Å². The maximum atomic E-state index is 12.5. The molecule has 0 fully saturated rings. The minimum atomic E-state index is -1.16. The van der Waals surface area contributed by atoms with Gasteiger partial charge in [-0.3, -0.25) is 0 Å². The second-order valence-electron chi connectivity index (χ2n) is 6.70. The fourth-order valence-corrected chi connectivity index (χ4v) is 3.40. The highest BCUT2D eigenvalue weighted by molar-refractivity contribution is 6.03. The summed E-state index contributed by atoms with van der Waals surface area (Å²) in [5, 5.41) is 13.4. The zero-order chi connectivity index (χ0) is 22.8. The predicted octanol–water partition coefficient (Wildman–Crippen LogP) is 1.49. The van der Waals surface area contributed by atoms with E-state index < -0.39 is 17.9 Å². The summed E-state index contributed by atoms with van der Waals surface area (Å²) in [6.07, 6.45) is 1.55. The predicted molar refractivity (Wildman–Crippen MR) is 110 cm³/mol. The number of esters is 2. The van der Waals surface area contributed by atoms with Crippen LogP contribution in [0.3, 0.4) is 0 Å². The number of benzene rings is 1. The quantitative estimate of drug-likeness (QED) is 0.584. The smallest absolute Gasteiger partial charge is 0.356 e. The monoisotopic (exact) mass is 438 g/mol. The largest absolute Gasteiger partial charge is 0.476 e. The van der Waals surface area contributed by atoms with E-state index in [0.29, 0.717) is 22.6 Å². The van der Waals surface area contributed by atoms with Crippen molar-refractivity contribution in [2.75, 3.05) is 32.5 Å². The number of ether oxygens (including phenoxy) is 3. The molecule has 11 nitrogen and oxygen atoms in total. The van der Waals surface area contributed by atoms with E-state index in [0.717, 1.165) is 0 Å². The van der Waals surface area contributed by atoms with Gasteiger partial charge in [0.15, 0.2) is 11.3 Å². The van der Waals surface area contributed by atoms with E-state index in [9.17, 15) is 19.5 Å². The molecule has 164 valence electrons. The molecule has 0 amide bonds. The Morgan fingerprint density at radius 2 is 1.88 bits per heavy atom. The van der Waals surface area contributed by atoms with Gasteiger partial charge in [0.25, 0.3) is 0 Å². The molecule has 1 aromatic carbocycles. The maximum Gasteiger partial charge on any atom is 0.356 e. The van der Waals surface area contributed by atoms with Crippen LogP contribution in [0.5, 0.6) is 0 Å². The fourth-order valence-electron chi connectivity index (χ4n) is 3.40. The Labute approximate surface area is 181 Å². The van der Waals surface area contributed by atoms with Gasteiger partial charge in [-0.05, 0) is 18.2 Å². The third kappa shape index (κ3) is 3.65. The fraction of sp³-hybridized carbons (Fsp3) is 0.190. The van der Waals surface area contributed by atoms with Gasteiger partial charge in [-0.25, -0.2) is 23.9 Å². The first-order valence-corrected chi connectivity index (χ1v) is 9.38. The van der Waals surface area contributed by atoms with Crippen LogP contribution in [-0.4, -0.2) is 65.2 Å². The molecule has 3 heterocycles. The summed E-state index contributed by atoms with van der Waals surface area (Å²) in [7, 11) is 2.44. The lowest BCUT2D eigenvalue weighted by molar-refractivity contribution is -0.140. The number of rotatable bonds is 5. The first kappa shape index (κ1) is 21.0. The van der Waals surface area contributed by atoms with Gasteiger partial charge in [0.1, 0.15) is 12.4 Å². The van der Waals surface area contributed by atoms with Crippen molar-refractivity contribution in [3.63, 3.8) is 0 Å². The second-order valence-corrected chi connectivity index (χ2v) is 6.70. The molecule has 0 atom stereocenters. The molecule has 2 aromatic heterocycles. The summed E-state index contributed by atoms with van der Waals surface area (Å²) in [4.78, 5) is 41.7. The van der Waals surface area contributed by atoms with Gasteiger partial charge in [-0.1, -0.05) is 12.1 Å². The van der Waals surface area contributed by atoms with Crippen LogP contribution in [-0.2, 0) is 23.8 Å². The van der Waals surface area contributed by atoms with Crippen LogP contribution >= 0.6 is 0 Å². The zero-order valence-corrected chi connectivity index (χ0v) is 17.1. The van der Waals surface area contributed by atoms with E-state index in [2.05, 4.69) is 10.1 Å². The summed E-state index contributed by atoms with van der Waals surface area (Å²) < 4.78 is 16.6. The van der Waals surface area contributed by atoms with Gasteiger partial charge in [-0.15, -0.1) is 0 Å². The molecule has 11 heteroatoms. The van der Waals surface area contributed by atoms with Crippen molar-refractivity contribution in [3.8, 4) is 11.3 Å². The van der Waals surface area contributed by atoms with E-state index in [1.807, 2.05) is 0 Å². The molecule has 3 aromatic rings. The summed E-state index contributed by atoms with van der Waals surface area (Å²) >= 11 is 0. The third-order valence-electron chi connectivity index (χ3n) is 4.86. The number of anilines is 1. The molecule has 4 rings (SSSR count). The number of methoxy groups -OCH3 is 2. The summed E-state index contributed by atoms with van der Waals surface area (Å²) in [5.74, 6) is -2.56. The van der Waals surface area contributed by atoms with Crippen LogP contribution in [0.25, 0.3) is 16.9 Å². The summed E-state index contributed by atoms with van der Waals surface area (Å²) in [5.41, 5.74) is 2.09. The van der Waals surface area contributed by atoms with Crippen molar-refractivity contribution in [3.05, 3.63) is 59.6 Å². The van der Waals surface area contributed by atoms with Crippen LogP contribution in [0.15, 0.2) is 53.9 Å². The van der Waals surface area contributed by atoms with Crippen molar-refractivity contribution in [2.45, 2.75) is 0 Å². The number of aromatic nitrogens is 3. The van der Waals surface area contributed by atoms with E-state index in [-0.39, 0.29) is 30.3 Å². The molecule has 0 saturated carbocycles. The van der Waals surface area contributed by atoms with Crippen LogP contribution in [0.1, 0.15) is 10.5 Å². The lowest BCUT2D eigenvalue weighted by atomic mass is 10.1. The van der Waals surface area contributed by atoms with E-state index in [1.165, 1.54) is 29.7 Å². The number of hydrogen-bond acceptors (Lipinski definition) is 9. The zero-order valence-electron chi connectivity index (χ0n) is 17.1.